The van der Waals surface area contributed by atoms with E-state index in [0.29, 0.717) is 16.9 Å². The van der Waals surface area contributed by atoms with Gasteiger partial charge in [-0.2, -0.15) is 0 Å². The second-order valence-electron chi connectivity index (χ2n) is 5.55. The van der Waals surface area contributed by atoms with E-state index < -0.39 is 9.84 Å². The minimum Gasteiger partial charge on any atom is -0.381 e. The zero-order valence-electron chi connectivity index (χ0n) is 12.3. The van der Waals surface area contributed by atoms with Crippen molar-refractivity contribution >= 4 is 15.5 Å². The van der Waals surface area contributed by atoms with Gasteiger partial charge in [0.25, 0.3) is 0 Å². The summed E-state index contributed by atoms with van der Waals surface area (Å²) < 4.78 is 22.8. The molecular formula is C14H24N2O2S. The van der Waals surface area contributed by atoms with Gasteiger partial charge in [0.15, 0.2) is 9.84 Å². The third-order valence-corrected chi connectivity index (χ3v) is 4.13. The molecule has 0 aliphatic heterocycles. The Balaban J connectivity index is 2.81. The predicted octanol–water partition coefficient (Wildman–Crippen LogP) is 2.09. The molecule has 0 aliphatic rings. The number of hydrogen-bond donors (Lipinski definition) is 1. The summed E-state index contributed by atoms with van der Waals surface area (Å²) in [7, 11) is 0.972. The number of rotatable bonds is 6. The minimum absolute atomic E-state index is 0.332. The molecule has 0 amide bonds. The van der Waals surface area contributed by atoms with E-state index in [4.69, 9.17) is 0 Å². The van der Waals surface area contributed by atoms with E-state index in [1.165, 1.54) is 6.26 Å². The van der Waals surface area contributed by atoms with Gasteiger partial charge in [0.2, 0.25) is 0 Å². The van der Waals surface area contributed by atoms with Crippen LogP contribution in [-0.4, -0.2) is 46.3 Å². The average Bonchev–Trinajstić information content (AvgIpc) is 2.27. The normalized spacial score (nSPS) is 13.8. The topological polar surface area (TPSA) is 49.4 Å². The molecule has 1 aromatic carbocycles. The summed E-state index contributed by atoms with van der Waals surface area (Å²) in [6.07, 6.45) is 1.22. The molecule has 0 saturated heterocycles. The molecule has 1 rings (SSSR count). The fourth-order valence-corrected chi connectivity index (χ4v) is 2.46. The number of hydrogen-bond acceptors (Lipinski definition) is 4. The van der Waals surface area contributed by atoms with Gasteiger partial charge in [0.1, 0.15) is 0 Å². The highest BCUT2D eigenvalue weighted by Crippen LogP contribution is 2.17. The van der Waals surface area contributed by atoms with Gasteiger partial charge in [-0.3, -0.25) is 0 Å². The van der Waals surface area contributed by atoms with E-state index in [2.05, 4.69) is 24.1 Å². The van der Waals surface area contributed by atoms with Gasteiger partial charge in [-0.15, -0.1) is 0 Å². The number of likely N-dealkylation sites (N-methyl/N-ethyl adjacent to an activating group) is 1. The van der Waals surface area contributed by atoms with E-state index >= 15 is 0 Å². The van der Waals surface area contributed by atoms with Crippen LogP contribution in [-0.2, 0) is 9.84 Å². The Morgan fingerprint density at radius 3 is 2.05 bits per heavy atom. The van der Waals surface area contributed by atoms with Crippen molar-refractivity contribution in [2.45, 2.75) is 24.8 Å². The van der Waals surface area contributed by atoms with Crippen LogP contribution in [0.5, 0.6) is 0 Å². The van der Waals surface area contributed by atoms with Gasteiger partial charge < -0.3 is 10.2 Å². The highest BCUT2D eigenvalue weighted by Gasteiger charge is 2.14. The van der Waals surface area contributed by atoms with Crippen molar-refractivity contribution in [2.24, 2.45) is 5.92 Å². The first-order chi connectivity index (χ1) is 8.70. The van der Waals surface area contributed by atoms with Gasteiger partial charge >= 0.3 is 0 Å². The van der Waals surface area contributed by atoms with E-state index in [1.54, 1.807) is 12.1 Å². The van der Waals surface area contributed by atoms with Crippen molar-refractivity contribution in [3.05, 3.63) is 24.3 Å². The molecule has 0 heterocycles. The molecule has 0 bridgehead atoms. The van der Waals surface area contributed by atoms with Crippen molar-refractivity contribution in [3.63, 3.8) is 0 Å². The summed E-state index contributed by atoms with van der Waals surface area (Å²) in [6, 6.07) is 7.26. The van der Waals surface area contributed by atoms with E-state index in [9.17, 15) is 8.42 Å². The Hall–Kier alpha value is -1.07. The van der Waals surface area contributed by atoms with Crippen molar-refractivity contribution in [1.82, 2.24) is 4.90 Å². The van der Waals surface area contributed by atoms with E-state index in [-0.39, 0.29) is 0 Å². The maximum atomic E-state index is 11.4. The summed E-state index contributed by atoms with van der Waals surface area (Å²) in [4.78, 5) is 2.49. The van der Waals surface area contributed by atoms with Gasteiger partial charge in [-0.1, -0.05) is 13.8 Å². The maximum absolute atomic E-state index is 11.4. The molecular weight excluding hydrogens is 260 g/mol. The maximum Gasteiger partial charge on any atom is 0.175 e. The van der Waals surface area contributed by atoms with E-state index in [0.717, 1.165) is 12.2 Å². The molecule has 0 aromatic heterocycles. The summed E-state index contributed by atoms with van der Waals surface area (Å²) in [6.45, 7) is 5.28. The van der Waals surface area contributed by atoms with Crippen LogP contribution in [0.4, 0.5) is 5.69 Å². The van der Waals surface area contributed by atoms with Gasteiger partial charge in [0, 0.05) is 24.5 Å². The van der Waals surface area contributed by atoms with Crippen LogP contribution in [0.2, 0.25) is 0 Å². The Kier molecular flexibility index (Phi) is 5.38. The third kappa shape index (κ3) is 5.20. The van der Waals surface area contributed by atoms with Gasteiger partial charge in [-0.05, 0) is 44.3 Å². The standard InChI is InChI=1S/C14H24N2O2S/c1-11(2)14(10-16(3)4)15-12-6-8-13(9-7-12)19(5,17)18/h6-9,11,14-15H,10H2,1-5H3. The monoisotopic (exact) mass is 284 g/mol. The van der Waals surface area contributed by atoms with Crippen LogP contribution in [0.25, 0.3) is 0 Å². The SMILES string of the molecule is CC(C)C(CN(C)C)Nc1ccc(S(C)(=O)=O)cc1. The molecule has 0 aliphatic carbocycles. The molecule has 0 spiro atoms. The molecule has 1 atom stereocenters. The summed E-state index contributed by atoms with van der Waals surface area (Å²) in [5.41, 5.74) is 0.952. The average molecular weight is 284 g/mol. The van der Waals surface area contributed by atoms with E-state index in [1.807, 2.05) is 26.2 Å². The van der Waals surface area contributed by atoms with Crippen LogP contribution in [0.1, 0.15) is 13.8 Å². The van der Waals surface area contributed by atoms with Crippen LogP contribution >= 0.6 is 0 Å². The number of nitrogens with one attached hydrogen (secondary N) is 1. The lowest BCUT2D eigenvalue weighted by molar-refractivity contribution is 0.344. The highest BCUT2D eigenvalue weighted by atomic mass is 32.2. The molecule has 4 nitrogen and oxygen atoms in total. The first-order valence-electron chi connectivity index (χ1n) is 6.41. The smallest absolute Gasteiger partial charge is 0.175 e. The molecule has 5 heteroatoms. The lowest BCUT2D eigenvalue weighted by Crippen LogP contribution is -2.36. The van der Waals surface area contributed by atoms with Crippen molar-refractivity contribution in [2.75, 3.05) is 32.2 Å². The summed E-state index contributed by atoms with van der Waals surface area (Å²) >= 11 is 0. The first-order valence-corrected chi connectivity index (χ1v) is 8.30. The first kappa shape index (κ1) is 16.0. The second-order valence-corrected chi connectivity index (χ2v) is 7.57. The number of sulfone groups is 1. The van der Waals surface area contributed by atoms with Crippen LogP contribution < -0.4 is 5.32 Å². The summed E-state index contributed by atoms with van der Waals surface area (Å²) in [5, 5.41) is 3.45. The van der Waals surface area contributed by atoms with Crippen molar-refractivity contribution in [3.8, 4) is 0 Å². The predicted molar refractivity (Wildman–Crippen MR) is 80.4 cm³/mol. The second kappa shape index (κ2) is 6.39. The molecule has 0 fully saturated rings. The fourth-order valence-electron chi connectivity index (χ4n) is 1.83. The lowest BCUT2D eigenvalue weighted by atomic mass is 10.0. The quantitative estimate of drug-likeness (QED) is 0.869. The number of nitrogens with zero attached hydrogens (tertiary/aromatic N) is 1. The lowest BCUT2D eigenvalue weighted by Gasteiger charge is -2.26. The molecule has 1 N–H and O–H groups in total. The van der Waals surface area contributed by atoms with Crippen LogP contribution in [0, 0.1) is 5.92 Å². The summed E-state index contributed by atoms with van der Waals surface area (Å²) in [5.74, 6) is 0.497. The van der Waals surface area contributed by atoms with Crippen LogP contribution in [0.15, 0.2) is 29.2 Å². The minimum atomic E-state index is -3.12. The van der Waals surface area contributed by atoms with Crippen molar-refractivity contribution < 1.29 is 8.42 Å². The van der Waals surface area contributed by atoms with Gasteiger partial charge in [0.05, 0.1) is 4.90 Å². The Morgan fingerprint density at radius 2 is 1.68 bits per heavy atom. The molecule has 0 saturated carbocycles. The Labute approximate surface area is 116 Å². The van der Waals surface area contributed by atoms with Gasteiger partial charge in [-0.25, -0.2) is 8.42 Å². The molecule has 1 unspecified atom stereocenters. The molecule has 108 valence electrons. The van der Waals surface area contributed by atoms with Crippen LogP contribution in [0.3, 0.4) is 0 Å². The largest absolute Gasteiger partial charge is 0.381 e. The van der Waals surface area contributed by atoms with Crippen molar-refractivity contribution in [1.29, 1.82) is 0 Å². The Bertz CT molecular complexity index is 493. The molecule has 19 heavy (non-hydrogen) atoms. The Morgan fingerprint density at radius 1 is 1.16 bits per heavy atom. The third-order valence-electron chi connectivity index (χ3n) is 3.00. The zero-order chi connectivity index (χ0) is 14.6. The highest BCUT2D eigenvalue weighted by molar-refractivity contribution is 7.90. The molecule has 0 radical (unpaired) electrons. The molecule has 1 aromatic rings. The number of benzene rings is 1. The zero-order valence-corrected chi connectivity index (χ0v) is 13.2. The number of anilines is 1. The fraction of sp³-hybridized carbons (Fsp3) is 0.571.